The summed E-state index contributed by atoms with van der Waals surface area (Å²) in [6.45, 7) is 2.72. The fraction of sp³-hybridized carbons (Fsp3) is 0.321. The lowest BCUT2D eigenvalue weighted by Crippen LogP contribution is -2.50. The number of piperidine rings is 1. The molecule has 2 nitrogen and oxygen atoms in total. The van der Waals surface area contributed by atoms with Crippen molar-refractivity contribution in [2.24, 2.45) is 10.8 Å². The Kier molecular flexibility index (Phi) is 4.01. The van der Waals surface area contributed by atoms with E-state index >= 15 is 0 Å². The van der Waals surface area contributed by atoms with Gasteiger partial charge in [-0.1, -0.05) is 91.0 Å². The molecule has 0 N–H and O–H groups in total. The van der Waals surface area contributed by atoms with E-state index in [2.05, 4.69) is 95.9 Å². The van der Waals surface area contributed by atoms with E-state index in [9.17, 15) is 4.79 Å². The summed E-state index contributed by atoms with van der Waals surface area (Å²) in [5.74, 6) is 1.29. The Balaban J connectivity index is 1.34. The van der Waals surface area contributed by atoms with E-state index in [1.807, 2.05) is 0 Å². The van der Waals surface area contributed by atoms with Crippen molar-refractivity contribution < 1.29 is 4.79 Å². The molecule has 3 aliphatic rings. The molecule has 0 amide bonds. The molecule has 6 rings (SSSR count). The highest BCUT2D eigenvalue weighted by molar-refractivity contribution is 5.99. The van der Waals surface area contributed by atoms with E-state index in [1.54, 1.807) is 0 Å². The molecular formula is C28H27NO. The second-order valence-electron chi connectivity index (χ2n) is 9.61. The van der Waals surface area contributed by atoms with Gasteiger partial charge in [0, 0.05) is 30.5 Å². The molecule has 2 heteroatoms. The molecule has 1 aliphatic heterocycles. The van der Waals surface area contributed by atoms with E-state index < -0.39 is 0 Å². The Morgan fingerprint density at radius 3 is 1.57 bits per heavy atom. The molecule has 0 aromatic heterocycles. The van der Waals surface area contributed by atoms with Crippen LogP contribution in [0, 0.1) is 10.8 Å². The van der Waals surface area contributed by atoms with Crippen molar-refractivity contribution in [3.05, 3.63) is 108 Å². The van der Waals surface area contributed by atoms with Crippen LogP contribution in [0.2, 0.25) is 0 Å². The van der Waals surface area contributed by atoms with Crippen LogP contribution in [0.5, 0.6) is 0 Å². The van der Waals surface area contributed by atoms with E-state index in [-0.39, 0.29) is 10.8 Å². The standard InChI is InChI=1S/C28H27NO/c30-26-27(16-24(27)22-12-6-2-7-13-22)19-29(18-21-10-4-1-5-11-21)20-28(26)17-25(28)23-14-8-3-9-15-23/h1-15,24-25H,16-20H2/t24-,25+,27-,28+. The van der Waals surface area contributed by atoms with Gasteiger partial charge in [0.25, 0.3) is 0 Å². The first-order valence-corrected chi connectivity index (χ1v) is 11.1. The van der Waals surface area contributed by atoms with Gasteiger partial charge in [0.1, 0.15) is 5.78 Å². The first-order chi connectivity index (χ1) is 14.7. The fourth-order valence-corrected chi connectivity index (χ4v) is 6.15. The van der Waals surface area contributed by atoms with E-state index in [1.165, 1.54) is 16.7 Å². The molecule has 0 bridgehead atoms. The van der Waals surface area contributed by atoms with Crippen LogP contribution in [0.15, 0.2) is 91.0 Å². The maximum absolute atomic E-state index is 14.0. The minimum atomic E-state index is -0.197. The third-order valence-corrected chi connectivity index (χ3v) is 7.72. The number of hydrogen-bond donors (Lipinski definition) is 0. The number of Topliss-reactive ketones (excluding diaryl/α,β-unsaturated/α-hetero) is 1. The zero-order valence-corrected chi connectivity index (χ0v) is 17.2. The van der Waals surface area contributed by atoms with E-state index in [4.69, 9.17) is 0 Å². The molecule has 1 saturated heterocycles. The molecule has 30 heavy (non-hydrogen) atoms. The van der Waals surface area contributed by atoms with Crippen molar-refractivity contribution in [3.63, 3.8) is 0 Å². The molecule has 2 spiro atoms. The first kappa shape index (κ1) is 18.1. The quantitative estimate of drug-likeness (QED) is 0.590. The summed E-state index contributed by atoms with van der Waals surface area (Å²) < 4.78 is 0. The molecule has 3 fully saturated rings. The van der Waals surface area contributed by atoms with Crippen molar-refractivity contribution in [2.75, 3.05) is 13.1 Å². The summed E-state index contributed by atoms with van der Waals surface area (Å²) in [7, 11) is 0. The summed E-state index contributed by atoms with van der Waals surface area (Å²) in [5.41, 5.74) is 3.61. The average molecular weight is 394 g/mol. The molecule has 4 atom stereocenters. The number of rotatable bonds is 4. The van der Waals surface area contributed by atoms with E-state index in [0.717, 1.165) is 32.5 Å². The fourth-order valence-electron chi connectivity index (χ4n) is 6.15. The lowest BCUT2D eigenvalue weighted by atomic mass is 9.77. The Labute approximate surface area is 178 Å². The molecule has 0 radical (unpaired) electrons. The van der Waals surface area contributed by atoms with Crippen molar-refractivity contribution in [1.82, 2.24) is 4.90 Å². The molecule has 2 saturated carbocycles. The number of carbonyl (C=O) groups is 1. The van der Waals surface area contributed by atoms with Gasteiger partial charge >= 0.3 is 0 Å². The summed E-state index contributed by atoms with van der Waals surface area (Å²) in [5, 5.41) is 0. The molecular weight excluding hydrogens is 366 g/mol. The summed E-state index contributed by atoms with van der Waals surface area (Å²) >= 11 is 0. The van der Waals surface area contributed by atoms with E-state index in [0.29, 0.717) is 17.6 Å². The monoisotopic (exact) mass is 393 g/mol. The van der Waals surface area contributed by atoms with Gasteiger partial charge < -0.3 is 0 Å². The predicted octanol–water partition coefficient (Wildman–Crippen LogP) is 5.42. The number of benzene rings is 3. The summed E-state index contributed by atoms with van der Waals surface area (Å²) in [4.78, 5) is 16.6. The van der Waals surface area contributed by atoms with Gasteiger partial charge in [-0.15, -0.1) is 0 Å². The average Bonchev–Trinajstić information content (AvgIpc) is 3.70. The maximum Gasteiger partial charge on any atom is 0.148 e. The second kappa shape index (κ2) is 6.65. The van der Waals surface area contributed by atoms with Crippen LogP contribution >= 0.6 is 0 Å². The number of likely N-dealkylation sites (tertiary alicyclic amines) is 1. The highest BCUT2D eigenvalue weighted by Crippen LogP contribution is 2.72. The second-order valence-corrected chi connectivity index (χ2v) is 9.61. The van der Waals surface area contributed by atoms with Crippen molar-refractivity contribution in [3.8, 4) is 0 Å². The Morgan fingerprint density at radius 1 is 0.667 bits per heavy atom. The minimum absolute atomic E-state index is 0.197. The summed E-state index contributed by atoms with van der Waals surface area (Å²) in [6.07, 6.45) is 2.01. The van der Waals surface area contributed by atoms with Gasteiger partial charge in [-0.25, -0.2) is 0 Å². The molecule has 2 aliphatic carbocycles. The molecule has 3 aromatic rings. The zero-order chi connectivity index (χ0) is 20.2. The van der Waals surface area contributed by atoms with Crippen molar-refractivity contribution >= 4 is 5.78 Å². The van der Waals surface area contributed by atoms with Gasteiger partial charge in [-0.3, -0.25) is 9.69 Å². The van der Waals surface area contributed by atoms with Crippen LogP contribution in [0.3, 0.4) is 0 Å². The summed E-state index contributed by atoms with van der Waals surface area (Å²) in [6, 6.07) is 32.1. The third kappa shape index (κ3) is 2.78. The van der Waals surface area contributed by atoms with Gasteiger partial charge in [0.05, 0.1) is 0 Å². The third-order valence-electron chi connectivity index (χ3n) is 7.72. The van der Waals surface area contributed by atoms with Crippen molar-refractivity contribution in [2.45, 2.75) is 31.2 Å². The Hall–Kier alpha value is -2.71. The number of hydrogen-bond acceptors (Lipinski definition) is 2. The lowest BCUT2D eigenvalue weighted by molar-refractivity contribution is -0.135. The smallest absolute Gasteiger partial charge is 0.148 e. The van der Waals surface area contributed by atoms with Crippen LogP contribution in [-0.4, -0.2) is 23.8 Å². The van der Waals surface area contributed by atoms with Crippen LogP contribution in [-0.2, 0) is 11.3 Å². The molecule has 1 heterocycles. The van der Waals surface area contributed by atoms with Crippen LogP contribution in [0.1, 0.15) is 41.4 Å². The number of carbonyl (C=O) groups excluding carboxylic acids is 1. The molecule has 0 unspecified atom stereocenters. The minimum Gasteiger partial charge on any atom is -0.298 e. The zero-order valence-electron chi connectivity index (χ0n) is 17.2. The van der Waals surface area contributed by atoms with Gasteiger partial charge in [-0.05, 0) is 41.4 Å². The molecule has 150 valence electrons. The predicted molar refractivity (Wildman–Crippen MR) is 119 cm³/mol. The largest absolute Gasteiger partial charge is 0.298 e. The lowest BCUT2D eigenvalue weighted by Gasteiger charge is -2.39. The first-order valence-electron chi connectivity index (χ1n) is 11.1. The van der Waals surface area contributed by atoms with Crippen LogP contribution < -0.4 is 0 Å². The molecule has 3 aromatic carbocycles. The van der Waals surface area contributed by atoms with Gasteiger partial charge in [0.2, 0.25) is 0 Å². The van der Waals surface area contributed by atoms with Gasteiger partial charge in [0.15, 0.2) is 0 Å². The SMILES string of the molecule is O=C1[C@]2(C[C@@H]2c2ccccc2)CN(Cc2ccccc2)C[C@]12C[C@H]2c1ccccc1. The normalized spacial score (nSPS) is 32.5. The van der Waals surface area contributed by atoms with Crippen LogP contribution in [0.4, 0.5) is 0 Å². The highest BCUT2D eigenvalue weighted by atomic mass is 16.1. The maximum atomic E-state index is 14.0. The van der Waals surface area contributed by atoms with Crippen molar-refractivity contribution in [1.29, 1.82) is 0 Å². The Morgan fingerprint density at radius 2 is 1.10 bits per heavy atom. The topological polar surface area (TPSA) is 20.3 Å². The highest BCUT2D eigenvalue weighted by Gasteiger charge is 2.74. The van der Waals surface area contributed by atoms with Gasteiger partial charge in [-0.2, -0.15) is 0 Å². The Bertz CT molecular complexity index is 998. The number of ketones is 1. The van der Waals surface area contributed by atoms with Crippen LogP contribution in [0.25, 0.3) is 0 Å². The number of nitrogens with zero attached hydrogens (tertiary/aromatic N) is 1.